The van der Waals surface area contributed by atoms with Crippen molar-refractivity contribution in [3.63, 3.8) is 0 Å². The molecule has 1 N–H and O–H groups in total. The van der Waals surface area contributed by atoms with E-state index in [4.69, 9.17) is 9.47 Å². The Hall–Kier alpha value is -4.14. The van der Waals surface area contributed by atoms with Gasteiger partial charge in [0.05, 0.1) is 30.5 Å². The number of nitrogens with zero attached hydrogens (tertiary/aromatic N) is 3. The second-order valence-corrected chi connectivity index (χ2v) is 10.3. The van der Waals surface area contributed by atoms with Gasteiger partial charge in [0.15, 0.2) is 0 Å². The number of ether oxygens (including phenoxy) is 2. The normalized spacial score (nSPS) is 17.9. The summed E-state index contributed by atoms with van der Waals surface area (Å²) < 4.78 is 12.2. The first kappa shape index (κ1) is 26.5. The van der Waals surface area contributed by atoms with Gasteiger partial charge in [-0.2, -0.15) is 0 Å². The summed E-state index contributed by atoms with van der Waals surface area (Å²) in [4.78, 5) is 48.7. The maximum Gasteiger partial charge on any atom is 0.257 e. The van der Waals surface area contributed by atoms with Crippen molar-refractivity contribution in [2.45, 2.75) is 32.1 Å². The number of fused-ring (bicyclic) bond motifs is 9. The van der Waals surface area contributed by atoms with Crippen LogP contribution in [0.2, 0.25) is 0 Å². The summed E-state index contributed by atoms with van der Waals surface area (Å²) in [6, 6.07) is 14.0. The highest BCUT2D eigenvalue weighted by molar-refractivity contribution is 5.97. The van der Waals surface area contributed by atoms with Gasteiger partial charge in [0.2, 0.25) is 5.56 Å². The Morgan fingerprint density at radius 1 is 0.974 bits per heavy atom. The highest BCUT2D eigenvalue weighted by Crippen LogP contribution is 2.38. The number of amides is 2. The van der Waals surface area contributed by atoms with Gasteiger partial charge in [-0.25, -0.2) is 0 Å². The van der Waals surface area contributed by atoms with Crippen molar-refractivity contribution >= 4 is 11.8 Å². The summed E-state index contributed by atoms with van der Waals surface area (Å²) in [7, 11) is 0. The Morgan fingerprint density at radius 2 is 1.82 bits per heavy atom. The highest BCUT2D eigenvalue weighted by atomic mass is 16.5. The minimum atomic E-state index is -0.252. The quantitative estimate of drug-likeness (QED) is 0.551. The number of pyridine rings is 2. The largest absolute Gasteiger partial charge is 0.491 e. The molecule has 9 nitrogen and oxygen atoms in total. The average Bonchev–Trinajstić information content (AvgIpc) is 2.98. The molecule has 204 valence electrons. The lowest BCUT2D eigenvalue weighted by molar-refractivity contribution is 0.0358. The summed E-state index contributed by atoms with van der Waals surface area (Å²) in [5, 5.41) is 0. The van der Waals surface area contributed by atoms with Crippen LogP contribution in [0.1, 0.15) is 52.8 Å². The molecule has 0 atom stereocenters. The van der Waals surface area contributed by atoms with Crippen molar-refractivity contribution in [1.82, 2.24) is 19.8 Å². The standard InChI is InChI=1S/C30H34N4O5/c35-27-10-9-23(20-32-27)28(36)33-15-4-3-11-30(22-39-24-6-5-14-31-21-24)12-16-34(17-13-30)29(37)25-7-1-2-8-26(25)38-19-18-33/h1-2,5-10,14,20-21H,3-4,11-13,15-19,22H2,(H,32,35). The third-order valence-electron chi connectivity index (χ3n) is 7.73. The van der Waals surface area contributed by atoms with Crippen LogP contribution in [0.4, 0.5) is 0 Å². The summed E-state index contributed by atoms with van der Waals surface area (Å²) in [6.45, 7) is 3.04. The first-order valence-electron chi connectivity index (χ1n) is 13.6. The molecule has 0 saturated carbocycles. The van der Waals surface area contributed by atoms with E-state index in [-0.39, 0.29) is 29.4 Å². The van der Waals surface area contributed by atoms with Crippen LogP contribution in [0.25, 0.3) is 0 Å². The Balaban J connectivity index is 1.37. The van der Waals surface area contributed by atoms with E-state index in [1.165, 1.54) is 12.3 Å². The van der Waals surface area contributed by atoms with E-state index in [0.29, 0.717) is 49.7 Å². The Morgan fingerprint density at radius 3 is 2.59 bits per heavy atom. The maximum atomic E-state index is 13.5. The number of piperidine rings is 1. The summed E-state index contributed by atoms with van der Waals surface area (Å²) >= 11 is 0. The van der Waals surface area contributed by atoms with Crippen LogP contribution < -0.4 is 15.0 Å². The molecule has 5 heterocycles. The van der Waals surface area contributed by atoms with Crippen LogP contribution in [-0.4, -0.2) is 71.0 Å². The van der Waals surface area contributed by atoms with Gasteiger partial charge in [0, 0.05) is 43.5 Å². The number of para-hydroxylation sites is 1. The number of H-pyrrole nitrogens is 1. The molecule has 3 aliphatic rings. The molecule has 3 aromatic rings. The van der Waals surface area contributed by atoms with Crippen LogP contribution >= 0.6 is 0 Å². The zero-order chi connectivity index (χ0) is 27.1. The minimum absolute atomic E-state index is 0.0385. The van der Waals surface area contributed by atoms with Crippen LogP contribution in [0, 0.1) is 5.41 Å². The van der Waals surface area contributed by atoms with Gasteiger partial charge in [0.1, 0.15) is 18.1 Å². The molecule has 1 saturated heterocycles. The van der Waals surface area contributed by atoms with E-state index < -0.39 is 0 Å². The van der Waals surface area contributed by atoms with Crippen molar-refractivity contribution in [3.05, 3.63) is 88.6 Å². The van der Waals surface area contributed by atoms with Gasteiger partial charge in [0.25, 0.3) is 11.8 Å². The lowest BCUT2D eigenvalue weighted by Gasteiger charge is -2.42. The Bertz CT molecular complexity index is 1310. The number of hydrogen-bond acceptors (Lipinski definition) is 6. The predicted octanol–water partition coefficient (Wildman–Crippen LogP) is 3.78. The molecule has 0 radical (unpaired) electrons. The second-order valence-electron chi connectivity index (χ2n) is 10.3. The fourth-order valence-corrected chi connectivity index (χ4v) is 5.37. The molecule has 0 aliphatic carbocycles. The van der Waals surface area contributed by atoms with Crippen molar-refractivity contribution in [2.75, 3.05) is 39.4 Å². The molecule has 6 rings (SSSR count). The SMILES string of the molecule is O=C(c1ccc(=O)[nH]c1)N1CCCCC2(COc3cccnc3)CCN(CC2)C(=O)c2ccccc2OCC1. The summed E-state index contributed by atoms with van der Waals surface area (Å²) in [5.41, 5.74) is 0.634. The van der Waals surface area contributed by atoms with Gasteiger partial charge in [-0.05, 0) is 56.0 Å². The predicted molar refractivity (Wildman–Crippen MR) is 146 cm³/mol. The van der Waals surface area contributed by atoms with Gasteiger partial charge < -0.3 is 24.3 Å². The topological polar surface area (TPSA) is 105 Å². The van der Waals surface area contributed by atoms with Gasteiger partial charge in [-0.1, -0.05) is 18.6 Å². The molecule has 39 heavy (non-hydrogen) atoms. The maximum absolute atomic E-state index is 13.5. The lowest BCUT2D eigenvalue weighted by Crippen LogP contribution is -2.45. The molecule has 3 aliphatic heterocycles. The zero-order valence-corrected chi connectivity index (χ0v) is 22.0. The number of carbonyl (C=O) groups excluding carboxylic acids is 2. The van der Waals surface area contributed by atoms with Crippen LogP contribution in [0.5, 0.6) is 11.5 Å². The minimum Gasteiger partial charge on any atom is -0.491 e. The van der Waals surface area contributed by atoms with Gasteiger partial charge in [-0.3, -0.25) is 19.4 Å². The van der Waals surface area contributed by atoms with E-state index in [1.807, 2.05) is 29.2 Å². The monoisotopic (exact) mass is 530 g/mol. The molecule has 9 heteroatoms. The molecule has 1 fully saturated rings. The second kappa shape index (κ2) is 12.1. The first-order valence-corrected chi connectivity index (χ1v) is 13.6. The molecule has 1 aromatic carbocycles. The first-order chi connectivity index (χ1) is 19.0. The van der Waals surface area contributed by atoms with E-state index in [2.05, 4.69) is 9.97 Å². The molecular formula is C30H34N4O5. The van der Waals surface area contributed by atoms with Crippen LogP contribution in [0.15, 0.2) is 71.9 Å². The number of benzene rings is 1. The molecule has 2 aromatic heterocycles. The zero-order valence-electron chi connectivity index (χ0n) is 22.0. The third kappa shape index (κ3) is 6.47. The number of aromatic nitrogens is 2. The number of carbonyl (C=O) groups is 2. The number of hydrogen-bond donors (Lipinski definition) is 1. The number of nitrogens with one attached hydrogen (secondary N) is 1. The smallest absolute Gasteiger partial charge is 0.257 e. The molecule has 0 unspecified atom stereocenters. The fraction of sp³-hybridized carbons (Fsp3) is 0.400. The number of aromatic amines is 1. The van der Waals surface area contributed by atoms with E-state index in [9.17, 15) is 14.4 Å². The van der Waals surface area contributed by atoms with E-state index in [1.54, 1.807) is 35.5 Å². The van der Waals surface area contributed by atoms with E-state index in [0.717, 1.165) is 37.9 Å². The van der Waals surface area contributed by atoms with Crippen molar-refractivity contribution in [3.8, 4) is 11.5 Å². The highest BCUT2D eigenvalue weighted by Gasteiger charge is 2.37. The van der Waals surface area contributed by atoms with Crippen molar-refractivity contribution in [2.24, 2.45) is 5.41 Å². The van der Waals surface area contributed by atoms with Gasteiger partial charge in [-0.15, -0.1) is 0 Å². The van der Waals surface area contributed by atoms with E-state index >= 15 is 0 Å². The lowest BCUT2D eigenvalue weighted by atomic mass is 9.75. The van der Waals surface area contributed by atoms with Gasteiger partial charge >= 0.3 is 0 Å². The molecule has 0 spiro atoms. The average molecular weight is 531 g/mol. The molecule has 2 bridgehead atoms. The Labute approximate surface area is 227 Å². The van der Waals surface area contributed by atoms with Crippen molar-refractivity contribution in [1.29, 1.82) is 0 Å². The fourth-order valence-electron chi connectivity index (χ4n) is 5.37. The number of rotatable bonds is 4. The Kier molecular flexibility index (Phi) is 8.24. The summed E-state index contributed by atoms with van der Waals surface area (Å²) in [6.07, 6.45) is 9.24. The van der Waals surface area contributed by atoms with Crippen LogP contribution in [-0.2, 0) is 0 Å². The molecular weight excluding hydrogens is 496 g/mol. The third-order valence-corrected chi connectivity index (χ3v) is 7.73. The van der Waals surface area contributed by atoms with Crippen LogP contribution in [0.3, 0.4) is 0 Å². The summed E-state index contributed by atoms with van der Waals surface area (Å²) in [5.74, 6) is 1.06. The molecule has 2 amide bonds. The van der Waals surface area contributed by atoms with Crippen molar-refractivity contribution < 1.29 is 19.1 Å².